The molecule has 0 spiro atoms. The van der Waals surface area contributed by atoms with E-state index in [0.29, 0.717) is 11.4 Å². The van der Waals surface area contributed by atoms with Gasteiger partial charge in [0.1, 0.15) is 17.5 Å². The standard InChI is InChI=1S/C18H11N3O/c19-11-13-10-12-4-1-2-5-15(12)20-18(13)21-16-6-3-7-17-14(16)8-9-22-17/h1-10H,(H,20,21). The van der Waals surface area contributed by atoms with E-state index >= 15 is 0 Å². The predicted molar refractivity (Wildman–Crippen MR) is 86.0 cm³/mol. The Kier molecular flexibility index (Phi) is 2.77. The zero-order chi connectivity index (χ0) is 14.9. The van der Waals surface area contributed by atoms with Crippen molar-refractivity contribution < 1.29 is 4.42 Å². The molecular formula is C18H11N3O. The highest BCUT2D eigenvalue weighted by Crippen LogP contribution is 2.29. The molecule has 4 heteroatoms. The van der Waals surface area contributed by atoms with Crippen LogP contribution < -0.4 is 5.32 Å². The van der Waals surface area contributed by atoms with Crippen molar-refractivity contribution >= 4 is 33.4 Å². The quantitative estimate of drug-likeness (QED) is 0.585. The summed E-state index contributed by atoms with van der Waals surface area (Å²) < 4.78 is 5.40. The second-order valence-corrected chi connectivity index (χ2v) is 4.95. The zero-order valence-corrected chi connectivity index (χ0v) is 11.6. The first-order valence-corrected chi connectivity index (χ1v) is 6.88. The number of nitrogens with zero attached hydrogens (tertiary/aromatic N) is 2. The monoisotopic (exact) mass is 285 g/mol. The number of fused-ring (bicyclic) bond motifs is 2. The molecule has 2 aromatic heterocycles. The average Bonchev–Trinajstić information content (AvgIpc) is 3.04. The van der Waals surface area contributed by atoms with Gasteiger partial charge in [0.15, 0.2) is 0 Å². The molecule has 2 aromatic carbocycles. The molecule has 0 bridgehead atoms. The van der Waals surface area contributed by atoms with E-state index in [9.17, 15) is 5.26 Å². The minimum atomic E-state index is 0.513. The molecule has 0 amide bonds. The number of anilines is 2. The molecule has 4 nitrogen and oxygen atoms in total. The van der Waals surface area contributed by atoms with E-state index in [4.69, 9.17) is 4.42 Å². The molecule has 4 aromatic rings. The Morgan fingerprint density at radius 3 is 2.86 bits per heavy atom. The van der Waals surface area contributed by atoms with Crippen molar-refractivity contribution in [1.29, 1.82) is 5.26 Å². The van der Waals surface area contributed by atoms with Crippen LogP contribution in [-0.4, -0.2) is 4.98 Å². The summed E-state index contributed by atoms with van der Waals surface area (Å²) in [5.41, 5.74) is 3.03. The summed E-state index contributed by atoms with van der Waals surface area (Å²) in [6.07, 6.45) is 1.65. The normalized spacial score (nSPS) is 10.7. The molecule has 0 radical (unpaired) electrons. The van der Waals surface area contributed by atoms with Crippen LogP contribution >= 0.6 is 0 Å². The van der Waals surface area contributed by atoms with Crippen LogP contribution in [0.2, 0.25) is 0 Å². The largest absolute Gasteiger partial charge is 0.464 e. The van der Waals surface area contributed by atoms with Gasteiger partial charge in [-0.2, -0.15) is 5.26 Å². The molecule has 0 saturated carbocycles. The summed E-state index contributed by atoms with van der Waals surface area (Å²) in [6.45, 7) is 0. The van der Waals surface area contributed by atoms with E-state index in [-0.39, 0.29) is 0 Å². The van der Waals surface area contributed by atoms with Gasteiger partial charge in [0.2, 0.25) is 0 Å². The summed E-state index contributed by atoms with van der Waals surface area (Å²) in [5.74, 6) is 0.551. The lowest BCUT2D eigenvalue weighted by Gasteiger charge is -2.09. The number of aromatic nitrogens is 1. The number of para-hydroxylation sites is 1. The predicted octanol–water partition coefficient (Wildman–Crippen LogP) is 4.60. The SMILES string of the molecule is N#Cc1cc2ccccc2nc1Nc1cccc2occc12. The van der Waals surface area contributed by atoms with Gasteiger partial charge in [0, 0.05) is 10.8 Å². The third-order valence-electron chi connectivity index (χ3n) is 3.59. The minimum absolute atomic E-state index is 0.513. The van der Waals surface area contributed by atoms with Crippen LogP contribution in [0.15, 0.2) is 65.3 Å². The Bertz CT molecular complexity index is 1030. The van der Waals surface area contributed by atoms with E-state index in [2.05, 4.69) is 16.4 Å². The van der Waals surface area contributed by atoms with E-state index < -0.39 is 0 Å². The highest BCUT2D eigenvalue weighted by atomic mass is 16.3. The second-order valence-electron chi connectivity index (χ2n) is 4.95. The summed E-state index contributed by atoms with van der Waals surface area (Å²) in [7, 11) is 0. The van der Waals surface area contributed by atoms with Gasteiger partial charge < -0.3 is 9.73 Å². The van der Waals surface area contributed by atoms with Gasteiger partial charge in [0.05, 0.1) is 23.0 Å². The summed E-state index contributed by atoms with van der Waals surface area (Å²) in [4.78, 5) is 4.57. The second kappa shape index (κ2) is 4.90. The number of hydrogen-bond acceptors (Lipinski definition) is 4. The minimum Gasteiger partial charge on any atom is -0.464 e. The molecular weight excluding hydrogens is 274 g/mol. The first-order chi connectivity index (χ1) is 10.8. The Morgan fingerprint density at radius 2 is 1.95 bits per heavy atom. The summed E-state index contributed by atoms with van der Waals surface area (Å²) >= 11 is 0. The van der Waals surface area contributed by atoms with Crippen LogP contribution in [-0.2, 0) is 0 Å². The number of nitriles is 1. The van der Waals surface area contributed by atoms with Crippen molar-refractivity contribution in [2.45, 2.75) is 0 Å². The maximum atomic E-state index is 9.38. The third kappa shape index (κ3) is 1.97. The van der Waals surface area contributed by atoms with E-state index in [0.717, 1.165) is 27.6 Å². The lowest BCUT2D eigenvalue weighted by molar-refractivity contribution is 0.616. The van der Waals surface area contributed by atoms with Crippen molar-refractivity contribution in [3.8, 4) is 6.07 Å². The van der Waals surface area contributed by atoms with E-state index in [1.165, 1.54) is 0 Å². The van der Waals surface area contributed by atoms with Gasteiger partial charge in [-0.3, -0.25) is 0 Å². The van der Waals surface area contributed by atoms with Gasteiger partial charge in [-0.1, -0.05) is 24.3 Å². The van der Waals surface area contributed by atoms with Crippen molar-refractivity contribution in [3.05, 3.63) is 66.4 Å². The fourth-order valence-corrected chi connectivity index (χ4v) is 2.53. The summed E-state index contributed by atoms with van der Waals surface area (Å²) in [5, 5.41) is 14.5. The highest BCUT2D eigenvalue weighted by molar-refractivity contribution is 5.93. The molecule has 0 aliphatic rings. The Balaban J connectivity index is 1.87. The number of benzene rings is 2. The van der Waals surface area contributed by atoms with Gasteiger partial charge in [0.25, 0.3) is 0 Å². The van der Waals surface area contributed by atoms with Crippen LogP contribution in [0.4, 0.5) is 11.5 Å². The van der Waals surface area contributed by atoms with Gasteiger partial charge in [-0.15, -0.1) is 0 Å². The Labute approximate surface area is 126 Å². The smallest absolute Gasteiger partial charge is 0.149 e. The lowest BCUT2D eigenvalue weighted by atomic mass is 10.1. The van der Waals surface area contributed by atoms with Gasteiger partial charge in [-0.25, -0.2) is 4.98 Å². The molecule has 104 valence electrons. The van der Waals surface area contributed by atoms with Crippen LogP contribution in [0.25, 0.3) is 21.9 Å². The molecule has 2 heterocycles. The maximum absolute atomic E-state index is 9.38. The molecule has 0 aliphatic carbocycles. The number of pyridine rings is 1. The van der Waals surface area contributed by atoms with Crippen molar-refractivity contribution in [3.63, 3.8) is 0 Å². The molecule has 4 rings (SSSR count). The summed E-state index contributed by atoms with van der Waals surface area (Å²) in [6, 6.07) is 19.4. The number of furan rings is 1. The third-order valence-corrected chi connectivity index (χ3v) is 3.59. The fraction of sp³-hybridized carbons (Fsp3) is 0. The first-order valence-electron chi connectivity index (χ1n) is 6.88. The first kappa shape index (κ1) is 12.4. The maximum Gasteiger partial charge on any atom is 0.149 e. The molecule has 0 atom stereocenters. The molecule has 1 N–H and O–H groups in total. The van der Waals surface area contributed by atoms with Crippen LogP contribution in [0.1, 0.15) is 5.56 Å². The van der Waals surface area contributed by atoms with Crippen molar-refractivity contribution in [2.24, 2.45) is 0 Å². The van der Waals surface area contributed by atoms with Gasteiger partial charge >= 0.3 is 0 Å². The number of hydrogen-bond donors (Lipinski definition) is 1. The van der Waals surface area contributed by atoms with E-state index in [1.807, 2.05) is 54.6 Å². The van der Waals surface area contributed by atoms with Crippen molar-refractivity contribution in [1.82, 2.24) is 4.98 Å². The zero-order valence-electron chi connectivity index (χ0n) is 11.6. The number of rotatable bonds is 2. The molecule has 0 aliphatic heterocycles. The molecule has 0 saturated heterocycles. The highest BCUT2D eigenvalue weighted by Gasteiger charge is 2.09. The molecule has 0 fully saturated rings. The van der Waals surface area contributed by atoms with Crippen LogP contribution in [0.5, 0.6) is 0 Å². The molecule has 22 heavy (non-hydrogen) atoms. The average molecular weight is 285 g/mol. The lowest BCUT2D eigenvalue weighted by Crippen LogP contribution is -1.98. The van der Waals surface area contributed by atoms with E-state index in [1.54, 1.807) is 6.26 Å². The van der Waals surface area contributed by atoms with Crippen molar-refractivity contribution in [2.75, 3.05) is 5.32 Å². The Morgan fingerprint density at radius 1 is 1.05 bits per heavy atom. The topological polar surface area (TPSA) is 61.9 Å². The number of nitrogens with one attached hydrogen (secondary N) is 1. The Hall–Kier alpha value is -3.32. The fourth-order valence-electron chi connectivity index (χ4n) is 2.53. The van der Waals surface area contributed by atoms with Crippen LogP contribution in [0.3, 0.4) is 0 Å². The van der Waals surface area contributed by atoms with Gasteiger partial charge in [-0.05, 0) is 30.3 Å². The molecule has 0 unspecified atom stereocenters. The van der Waals surface area contributed by atoms with Crippen LogP contribution in [0, 0.1) is 11.3 Å².